The van der Waals surface area contributed by atoms with Crippen molar-refractivity contribution < 1.29 is 13.2 Å². The molecule has 1 aliphatic heterocycles. The van der Waals surface area contributed by atoms with Crippen LogP contribution in [0.5, 0.6) is 0 Å². The third kappa shape index (κ3) is 4.48. The second-order valence-corrected chi connectivity index (χ2v) is 9.48. The summed E-state index contributed by atoms with van der Waals surface area (Å²) in [6.07, 6.45) is -0.925. The van der Waals surface area contributed by atoms with Crippen molar-refractivity contribution in [3.8, 4) is 5.69 Å². The molecule has 1 fully saturated rings. The van der Waals surface area contributed by atoms with Gasteiger partial charge in [-0.05, 0) is 78.3 Å². The Morgan fingerprint density at radius 1 is 0.917 bits per heavy atom. The second kappa shape index (κ2) is 9.43. The Balaban J connectivity index is 1.64. The Kier molecular flexibility index (Phi) is 6.30. The molecule has 2 atom stereocenters. The van der Waals surface area contributed by atoms with Crippen molar-refractivity contribution in [3.05, 3.63) is 114 Å². The van der Waals surface area contributed by atoms with Crippen LogP contribution in [0, 0.1) is 0 Å². The second-order valence-electron chi connectivity index (χ2n) is 9.09. The van der Waals surface area contributed by atoms with Crippen LogP contribution in [0.25, 0.3) is 5.69 Å². The summed E-state index contributed by atoms with van der Waals surface area (Å²) in [6, 6.07) is 22.4. The number of nitrogens with zero attached hydrogens (tertiary/aromatic N) is 3. The van der Waals surface area contributed by atoms with Gasteiger partial charge in [0.2, 0.25) is 0 Å². The number of rotatable bonds is 5. The lowest BCUT2D eigenvalue weighted by atomic mass is 9.99. The average Bonchev–Trinajstić information content (AvgIpc) is 3.48. The lowest BCUT2D eigenvalue weighted by molar-refractivity contribution is -0.137. The topological polar surface area (TPSA) is 33.1 Å². The molecule has 0 spiro atoms. The molecule has 1 saturated heterocycles. The first-order chi connectivity index (χ1) is 17.2. The maximum absolute atomic E-state index is 13.5. The van der Waals surface area contributed by atoms with E-state index in [2.05, 4.69) is 36.3 Å². The number of hydrogen-bond donors (Lipinski definition) is 1. The maximum Gasteiger partial charge on any atom is 0.416 e. The van der Waals surface area contributed by atoms with Gasteiger partial charge >= 0.3 is 6.18 Å². The van der Waals surface area contributed by atoms with Gasteiger partial charge in [0, 0.05) is 29.5 Å². The molecule has 2 aromatic carbocycles. The highest BCUT2D eigenvalue weighted by molar-refractivity contribution is 7.80. The Hall–Kier alpha value is -3.65. The molecule has 8 heteroatoms. The number of pyridine rings is 1. The molecule has 1 N–H and O–H groups in total. The molecule has 3 heterocycles. The summed E-state index contributed by atoms with van der Waals surface area (Å²) < 4.78 is 42.2. The summed E-state index contributed by atoms with van der Waals surface area (Å²) in [7, 11) is 0. The van der Waals surface area contributed by atoms with E-state index < -0.39 is 11.7 Å². The van der Waals surface area contributed by atoms with Crippen molar-refractivity contribution in [1.29, 1.82) is 0 Å². The lowest BCUT2D eigenvalue weighted by Gasteiger charge is -2.29. The standard InChI is InChI=1S/C28H25F3N4S/c1-18(2)19-11-13-21(14-12-19)35-26(25(33-27(35)36)23-9-3-4-15-32-23)24-10-6-16-34(24)22-8-5-7-20(17-22)28(29,30)31/h3-18,25-26H,1-2H3,(H,33,36). The summed E-state index contributed by atoms with van der Waals surface area (Å²) in [5.41, 5.74) is 3.44. The van der Waals surface area contributed by atoms with Crippen LogP contribution in [0.4, 0.5) is 18.9 Å². The molecule has 0 saturated carbocycles. The third-order valence-corrected chi connectivity index (χ3v) is 6.79. The molecule has 0 radical (unpaired) electrons. The first-order valence-electron chi connectivity index (χ1n) is 11.7. The fourth-order valence-corrected chi connectivity index (χ4v) is 5.00. The Morgan fingerprint density at radius 3 is 2.36 bits per heavy atom. The van der Waals surface area contributed by atoms with Crippen molar-refractivity contribution in [2.75, 3.05) is 4.90 Å². The molecule has 4 nitrogen and oxygen atoms in total. The summed E-state index contributed by atoms with van der Waals surface area (Å²) in [6.45, 7) is 4.28. The van der Waals surface area contributed by atoms with Crippen molar-refractivity contribution >= 4 is 23.0 Å². The van der Waals surface area contributed by atoms with E-state index in [9.17, 15) is 13.2 Å². The van der Waals surface area contributed by atoms with E-state index >= 15 is 0 Å². The van der Waals surface area contributed by atoms with Gasteiger partial charge in [0.05, 0.1) is 17.3 Å². The van der Waals surface area contributed by atoms with Gasteiger partial charge in [-0.1, -0.05) is 38.1 Å². The van der Waals surface area contributed by atoms with Crippen molar-refractivity contribution in [2.45, 2.75) is 38.0 Å². The Bertz CT molecular complexity index is 1360. The monoisotopic (exact) mass is 506 g/mol. The van der Waals surface area contributed by atoms with E-state index in [1.807, 2.05) is 47.4 Å². The van der Waals surface area contributed by atoms with Crippen LogP contribution in [-0.2, 0) is 6.18 Å². The number of aromatic nitrogens is 2. The highest BCUT2D eigenvalue weighted by Gasteiger charge is 2.42. The fourth-order valence-electron chi connectivity index (χ4n) is 4.66. The lowest BCUT2D eigenvalue weighted by Crippen LogP contribution is -2.30. The predicted octanol–water partition coefficient (Wildman–Crippen LogP) is 7.19. The minimum absolute atomic E-state index is 0.303. The van der Waals surface area contributed by atoms with Gasteiger partial charge < -0.3 is 14.8 Å². The normalized spacial score (nSPS) is 18.1. The van der Waals surface area contributed by atoms with Gasteiger partial charge in [0.15, 0.2) is 5.11 Å². The molecule has 184 valence electrons. The fraction of sp³-hybridized carbons (Fsp3) is 0.214. The number of nitrogens with one attached hydrogen (secondary N) is 1. The molecule has 0 amide bonds. The van der Waals surface area contributed by atoms with Gasteiger partial charge in [0.25, 0.3) is 0 Å². The van der Waals surface area contributed by atoms with E-state index in [4.69, 9.17) is 12.2 Å². The largest absolute Gasteiger partial charge is 0.416 e. The van der Waals surface area contributed by atoms with Crippen LogP contribution in [0.2, 0.25) is 0 Å². The van der Waals surface area contributed by atoms with E-state index in [1.165, 1.54) is 17.7 Å². The van der Waals surface area contributed by atoms with Crippen LogP contribution in [-0.4, -0.2) is 14.7 Å². The van der Waals surface area contributed by atoms with Crippen LogP contribution in [0.3, 0.4) is 0 Å². The van der Waals surface area contributed by atoms with Crippen molar-refractivity contribution in [1.82, 2.24) is 14.9 Å². The van der Waals surface area contributed by atoms with E-state index in [-0.39, 0.29) is 12.1 Å². The quantitative estimate of drug-likeness (QED) is 0.291. The average molecular weight is 507 g/mol. The minimum atomic E-state index is -4.43. The van der Waals surface area contributed by atoms with Crippen LogP contribution < -0.4 is 10.2 Å². The third-order valence-electron chi connectivity index (χ3n) is 6.47. The molecule has 0 aliphatic carbocycles. The van der Waals surface area contributed by atoms with Gasteiger partial charge in [-0.3, -0.25) is 4.98 Å². The number of anilines is 1. The minimum Gasteiger partial charge on any atom is -0.351 e. The van der Waals surface area contributed by atoms with Gasteiger partial charge in [-0.2, -0.15) is 13.2 Å². The number of halogens is 3. The zero-order valence-corrected chi connectivity index (χ0v) is 20.6. The number of alkyl halides is 3. The number of thiocarbonyl (C=S) groups is 1. The molecule has 0 bridgehead atoms. The molecule has 2 aromatic heterocycles. The van der Waals surface area contributed by atoms with Crippen LogP contribution in [0.15, 0.2) is 91.3 Å². The summed E-state index contributed by atoms with van der Waals surface area (Å²) in [4.78, 5) is 6.59. The summed E-state index contributed by atoms with van der Waals surface area (Å²) >= 11 is 5.79. The first-order valence-corrected chi connectivity index (χ1v) is 12.1. The summed E-state index contributed by atoms with van der Waals surface area (Å²) in [5, 5.41) is 3.94. The molecule has 4 aromatic rings. The highest BCUT2D eigenvalue weighted by Crippen LogP contribution is 2.42. The van der Waals surface area contributed by atoms with E-state index in [0.29, 0.717) is 16.7 Å². The van der Waals surface area contributed by atoms with Crippen molar-refractivity contribution in [2.24, 2.45) is 0 Å². The smallest absolute Gasteiger partial charge is 0.351 e. The van der Waals surface area contributed by atoms with Gasteiger partial charge in [0.1, 0.15) is 6.04 Å². The number of benzene rings is 2. The molecular formula is C28H25F3N4S. The molecule has 1 aliphatic rings. The first kappa shape index (κ1) is 24.1. The molecule has 5 rings (SSSR count). The Labute approximate surface area is 213 Å². The summed E-state index contributed by atoms with van der Waals surface area (Å²) in [5.74, 6) is 0.387. The van der Waals surface area contributed by atoms with Crippen LogP contribution in [0.1, 0.15) is 54.4 Å². The van der Waals surface area contributed by atoms with Crippen molar-refractivity contribution in [3.63, 3.8) is 0 Å². The van der Waals surface area contributed by atoms with E-state index in [0.717, 1.165) is 23.1 Å². The maximum atomic E-state index is 13.5. The molecule has 2 unspecified atom stereocenters. The van der Waals surface area contributed by atoms with Gasteiger partial charge in [-0.25, -0.2) is 0 Å². The zero-order valence-electron chi connectivity index (χ0n) is 19.8. The number of hydrogen-bond acceptors (Lipinski definition) is 2. The molecular weight excluding hydrogens is 481 g/mol. The van der Waals surface area contributed by atoms with Crippen LogP contribution >= 0.6 is 12.2 Å². The highest BCUT2D eigenvalue weighted by atomic mass is 32.1. The predicted molar refractivity (Wildman–Crippen MR) is 139 cm³/mol. The van der Waals surface area contributed by atoms with Gasteiger partial charge in [-0.15, -0.1) is 0 Å². The molecule has 36 heavy (non-hydrogen) atoms. The SMILES string of the molecule is CC(C)c1ccc(N2C(=S)NC(c3ccccn3)C2c2cccn2-c2cccc(C(F)(F)F)c2)cc1. The zero-order chi connectivity index (χ0) is 25.4. The Morgan fingerprint density at radius 2 is 1.69 bits per heavy atom. The van der Waals surface area contributed by atoms with E-state index in [1.54, 1.807) is 23.0 Å².